The molecule has 0 fully saturated rings. The van der Waals surface area contributed by atoms with Crippen LogP contribution in [0, 0.1) is 0 Å². The third kappa shape index (κ3) is 2.52. The molecule has 3 unspecified atom stereocenters. The average molecular weight is 216 g/mol. The van der Waals surface area contributed by atoms with Crippen LogP contribution < -0.4 is 11.2 Å². The molecule has 1 aromatic rings. The van der Waals surface area contributed by atoms with Gasteiger partial charge in [0.05, 0.1) is 6.10 Å². The summed E-state index contributed by atoms with van der Waals surface area (Å²) < 4.78 is 0.721. The number of aromatic amines is 1. The molecule has 0 saturated heterocycles. The van der Waals surface area contributed by atoms with Crippen molar-refractivity contribution in [1.82, 2.24) is 9.55 Å². The molecule has 0 saturated carbocycles. The quantitative estimate of drug-likeness (QED) is 0.456. The molecule has 4 N–H and O–H groups in total. The van der Waals surface area contributed by atoms with Gasteiger partial charge < -0.3 is 15.3 Å². The summed E-state index contributed by atoms with van der Waals surface area (Å²) in [6, 6.07) is 1.03. The van der Waals surface area contributed by atoms with E-state index >= 15 is 0 Å². The first-order valence-corrected chi connectivity index (χ1v) is 4.29. The van der Waals surface area contributed by atoms with Crippen LogP contribution in [0.3, 0.4) is 0 Å². The van der Waals surface area contributed by atoms with E-state index in [1.54, 1.807) is 0 Å². The molecule has 3 atom stereocenters. The third-order valence-electron chi connectivity index (χ3n) is 1.94. The van der Waals surface area contributed by atoms with Gasteiger partial charge in [-0.3, -0.25) is 14.3 Å². The molecule has 84 valence electrons. The molecular weight excluding hydrogens is 204 g/mol. The highest BCUT2D eigenvalue weighted by molar-refractivity contribution is 4.85. The Kier molecular flexibility index (Phi) is 3.40. The zero-order chi connectivity index (χ0) is 11.6. The first-order valence-electron chi connectivity index (χ1n) is 4.29. The first-order chi connectivity index (χ1) is 6.93. The number of aliphatic hydroxyl groups excluding tert-OH is 3. The van der Waals surface area contributed by atoms with Crippen LogP contribution in [-0.4, -0.2) is 37.1 Å². The van der Waals surface area contributed by atoms with Crippen molar-refractivity contribution in [2.24, 2.45) is 0 Å². The van der Waals surface area contributed by atoms with E-state index in [1.165, 1.54) is 6.92 Å². The normalized spacial score (nSPS) is 17.1. The molecule has 7 nitrogen and oxygen atoms in total. The summed E-state index contributed by atoms with van der Waals surface area (Å²) in [5.41, 5.74) is -1.45. The Hall–Kier alpha value is -1.44. The fourth-order valence-corrected chi connectivity index (χ4v) is 1.05. The maximum atomic E-state index is 11.2. The van der Waals surface area contributed by atoms with Gasteiger partial charge in [0, 0.05) is 12.3 Å². The molecular formula is C8H12N2O5. The lowest BCUT2D eigenvalue weighted by atomic mass is 10.2. The second-order valence-corrected chi connectivity index (χ2v) is 3.16. The summed E-state index contributed by atoms with van der Waals surface area (Å²) >= 11 is 0. The molecule has 0 radical (unpaired) electrons. The molecule has 0 aliphatic rings. The number of rotatable bonds is 3. The number of nitrogens with one attached hydrogen (secondary N) is 1. The van der Waals surface area contributed by atoms with Crippen molar-refractivity contribution in [3.05, 3.63) is 33.1 Å². The van der Waals surface area contributed by atoms with Crippen molar-refractivity contribution in [3.8, 4) is 0 Å². The Morgan fingerprint density at radius 2 is 1.93 bits per heavy atom. The van der Waals surface area contributed by atoms with Crippen LogP contribution in [0.4, 0.5) is 0 Å². The lowest BCUT2D eigenvalue weighted by Gasteiger charge is -2.21. The van der Waals surface area contributed by atoms with Gasteiger partial charge in [0.25, 0.3) is 5.56 Å². The number of nitrogens with zero attached hydrogens (tertiary/aromatic N) is 1. The van der Waals surface area contributed by atoms with Crippen LogP contribution in [0.25, 0.3) is 0 Å². The molecule has 7 heteroatoms. The SMILES string of the molecule is CC(O)C(O)C(O)n1ccc(=O)[nH]c1=O. The van der Waals surface area contributed by atoms with E-state index in [4.69, 9.17) is 5.11 Å². The third-order valence-corrected chi connectivity index (χ3v) is 1.94. The summed E-state index contributed by atoms with van der Waals surface area (Å²) in [5.74, 6) is 0. The van der Waals surface area contributed by atoms with Gasteiger partial charge in [0.15, 0.2) is 6.23 Å². The van der Waals surface area contributed by atoms with Crippen molar-refractivity contribution in [2.45, 2.75) is 25.4 Å². The Labute approximate surface area is 84.2 Å². The predicted molar refractivity (Wildman–Crippen MR) is 50.3 cm³/mol. The summed E-state index contributed by atoms with van der Waals surface area (Å²) in [4.78, 5) is 23.8. The number of hydrogen-bond donors (Lipinski definition) is 4. The lowest BCUT2D eigenvalue weighted by Crippen LogP contribution is -2.40. The minimum atomic E-state index is -1.60. The minimum absolute atomic E-state index is 0.602. The van der Waals surface area contributed by atoms with Gasteiger partial charge in [0.1, 0.15) is 6.10 Å². The Bertz CT molecular complexity index is 435. The fourth-order valence-electron chi connectivity index (χ4n) is 1.05. The van der Waals surface area contributed by atoms with Crippen LogP contribution in [-0.2, 0) is 0 Å². The molecule has 0 amide bonds. The summed E-state index contributed by atoms with van der Waals surface area (Å²) in [6.07, 6.45) is -3.26. The van der Waals surface area contributed by atoms with E-state index in [-0.39, 0.29) is 0 Å². The molecule has 1 rings (SSSR count). The topological polar surface area (TPSA) is 116 Å². The van der Waals surface area contributed by atoms with Crippen LogP contribution in [0.15, 0.2) is 21.9 Å². The number of hydrogen-bond acceptors (Lipinski definition) is 5. The fraction of sp³-hybridized carbons (Fsp3) is 0.500. The zero-order valence-electron chi connectivity index (χ0n) is 7.99. The molecule has 15 heavy (non-hydrogen) atoms. The monoisotopic (exact) mass is 216 g/mol. The molecule has 1 aromatic heterocycles. The summed E-state index contributed by atoms with van der Waals surface area (Å²) in [6.45, 7) is 1.27. The van der Waals surface area contributed by atoms with Crippen LogP contribution in [0.2, 0.25) is 0 Å². The molecule has 1 heterocycles. The highest BCUT2D eigenvalue weighted by Crippen LogP contribution is 2.07. The van der Waals surface area contributed by atoms with E-state index in [2.05, 4.69) is 0 Å². The van der Waals surface area contributed by atoms with Gasteiger partial charge in [-0.25, -0.2) is 4.79 Å². The predicted octanol–water partition coefficient (Wildman–Crippen LogP) is -2.23. The average Bonchev–Trinajstić information content (AvgIpc) is 2.15. The van der Waals surface area contributed by atoms with Gasteiger partial charge in [-0.05, 0) is 6.92 Å². The highest BCUT2D eigenvalue weighted by atomic mass is 16.4. The Morgan fingerprint density at radius 1 is 1.33 bits per heavy atom. The lowest BCUT2D eigenvalue weighted by molar-refractivity contribution is -0.0867. The van der Waals surface area contributed by atoms with Crippen LogP contribution >= 0.6 is 0 Å². The van der Waals surface area contributed by atoms with E-state index in [0.29, 0.717) is 0 Å². The van der Waals surface area contributed by atoms with E-state index in [0.717, 1.165) is 16.8 Å². The minimum Gasteiger partial charge on any atom is -0.391 e. The Balaban J connectivity index is 3.06. The van der Waals surface area contributed by atoms with Crippen molar-refractivity contribution in [2.75, 3.05) is 0 Å². The second-order valence-electron chi connectivity index (χ2n) is 3.16. The van der Waals surface area contributed by atoms with Crippen molar-refractivity contribution in [3.63, 3.8) is 0 Å². The smallest absolute Gasteiger partial charge is 0.330 e. The number of H-pyrrole nitrogens is 1. The zero-order valence-corrected chi connectivity index (χ0v) is 7.99. The Morgan fingerprint density at radius 3 is 2.40 bits per heavy atom. The van der Waals surface area contributed by atoms with E-state index in [1.807, 2.05) is 4.98 Å². The van der Waals surface area contributed by atoms with Gasteiger partial charge in [-0.15, -0.1) is 0 Å². The molecule has 0 bridgehead atoms. The van der Waals surface area contributed by atoms with Gasteiger partial charge in [0.2, 0.25) is 0 Å². The maximum absolute atomic E-state index is 11.2. The first kappa shape index (κ1) is 11.6. The molecule has 0 spiro atoms. The second kappa shape index (κ2) is 4.39. The summed E-state index contributed by atoms with van der Waals surface area (Å²) in [7, 11) is 0. The van der Waals surface area contributed by atoms with Crippen molar-refractivity contribution < 1.29 is 15.3 Å². The van der Waals surface area contributed by atoms with Crippen molar-refractivity contribution in [1.29, 1.82) is 0 Å². The van der Waals surface area contributed by atoms with Crippen LogP contribution in [0.1, 0.15) is 13.2 Å². The van der Waals surface area contributed by atoms with Gasteiger partial charge in [-0.1, -0.05) is 0 Å². The van der Waals surface area contributed by atoms with Crippen LogP contribution in [0.5, 0.6) is 0 Å². The van der Waals surface area contributed by atoms with Crippen molar-refractivity contribution >= 4 is 0 Å². The molecule has 0 aliphatic carbocycles. The highest BCUT2D eigenvalue weighted by Gasteiger charge is 2.23. The van der Waals surface area contributed by atoms with E-state index in [9.17, 15) is 19.8 Å². The van der Waals surface area contributed by atoms with Gasteiger partial charge in [-0.2, -0.15) is 0 Å². The number of aliphatic hydroxyl groups is 3. The van der Waals surface area contributed by atoms with E-state index < -0.39 is 29.7 Å². The van der Waals surface area contributed by atoms with Gasteiger partial charge >= 0.3 is 5.69 Å². The summed E-state index contributed by atoms with van der Waals surface area (Å²) in [5, 5.41) is 27.8. The standard InChI is InChI=1S/C8H12N2O5/c1-4(11)6(13)7(14)10-3-2-5(12)9-8(10)15/h2-4,6-7,11,13-14H,1H3,(H,9,12,15). The number of aromatic nitrogens is 2. The largest absolute Gasteiger partial charge is 0.391 e. The molecule has 0 aliphatic heterocycles. The maximum Gasteiger partial charge on any atom is 0.330 e. The molecule has 0 aromatic carbocycles.